The molecule has 4 aromatic rings. The molecule has 0 saturated heterocycles. The molecular formula is C24H20N2O2. The van der Waals surface area contributed by atoms with Crippen molar-refractivity contribution in [1.29, 1.82) is 0 Å². The van der Waals surface area contributed by atoms with Gasteiger partial charge in [-0.15, -0.1) is 0 Å². The normalized spacial score (nSPS) is 16.4. The number of hydrogen-bond acceptors (Lipinski definition) is 4. The third kappa shape index (κ3) is 2.93. The van der Waals surface area contributed by atoms with Gasteiger partial charge in [0.15, 0.2) is 5.76 Å². The van der Waals surface area contributed by atoms with Crippen molar-refractivity contribution in [2.45, 2.75) is 12.5 Å². The third-order valence-electron chi connectivity index (χ3n) is 5.14. The number of nitrogens with zero attached hydrogens (tertiary/aromatic N) is 2. The Kier molecular flexibility index (Phi) is 4.09. The van der Waals surface area contributed by atoms with E-state index in [-0.39, 0.29) is 6.04 Å². The topological polar surface area (TPSA) is 38.0 Å². The molecule has 0 spiro atoms. The molecule has 1 atom stereocenters. The molecule has 28 heavy (non-hydrogen) atoms. The first-order valence-corrected chi connectivity index (χ1v) is 9.36. The van der Waals surface area contributed by atoms with E-state index in [9.17, 15) is 0 Å². The van der Waals surface area contributed by atoms with E-state index in [4.69, 9.17) is 14.3 Å². The summed E-state index contributed by atoms with van der Waals surface area (Å²) in [5.41, 5.74) is 4.11. The predicted octanol–water partition coefficient (Wildman–Crippen LogP) is 5.80. The number of hydrazone groups is 1. The number of furan rings is 1. The Bertz CT molecular complexity index is 1100. The van der Waals surface area contributed by atoms with Gasteiger partial charge in [-0.3, -0.25) is 5.01 Å². The largest absolute Gasteiger partial charge is 0.497 e. The average molecular weight is 368 g/mol. The minimum atomic E-state index is 0.108. The van der Waals surface area contributed by atoms with Crippen LogP contribution >= 0.6 is 0 Å². The van der Waals surface area contributed by atoms with E-state index >= 15 is 0 Å². The molecule has 0 N–H and O–H groups in total. The summed E-state index contributed by atoms with van der Waals surface area (Å²) in [7, 11) is 1.68. The van der Waals surface area contributed by atoms with Crippen molar-refractivity contribution in [1.82, 2.24) is 0 Å². The fourth-order valence-electron chi connectivity index (χ4n) is 3.69. The lowest BCUT2D eigenvalue weighted by Gasteiger charge is -2.24. The lowest BCUT2D eigenvalue weighted by molar-refractivity contribution is 0.414. The molecule has 0 radical (unpaired) electrons. The lowest BCUT2D eigenvalue weighted by Crippen LogP contribution is -2.18. The highest BCUT2D eigenvalue weighted by Gasteiger charge is 2.31. The molecule has 1 aliphatic rings. The summed E-state index contributed by atoms with van der Waals surface area (Å²) >= 11 is 0. The van der Waals surface area contributed by atoms with Crippen LogP contribution in [0.1, 0.15) is 23.8 Å². The van der Waals surface area contributed by atoms with Crippen molar-refractivity contribution < 1.29 is 9.15 Å². The Morgan fingerprint density at radius 1 is 0.929 bits per heavy atom. The van der Waals surface area contributed by atoms with Crippen molar-refractivity contribution in [3.8, 4) is 5.75 Å². The summed E-state index contributed by atoms with van der Waals surface area (Å²) in [6.45, 7) is 0. The second-order valence-corrected chi connectivity index (χ2v) is 6.87. The molecule has 0 bridgehead atoms. The van der Waals surface area contributed by atoms with E-state index in [1.807, 2.05) is 48.5 Å². The van der Waals surface area contributed by atoms with E-state index in [0.29, 0.717) is 0 Å². The number of anilines is 1. The van der Waals surface area contributed by atoms with Gasteiger partial charge in [0.25, 0.3) is 0 Å². The monoisotopic (exact) mass is 368 g/mol. The lowest BCUT2D eigenvalue weighted by atomic mass is 10.0. The maximum Gasteiger partial charge on any atom is 0.151 e. The summed E-state index contributed by atoms with van der Waals surface area (Å²) in [5.74, 6) is 1.68. The van der Waals surface area contributed by atoms with Crippen molar-refractivity contribution in [3.05, 3.63) is 96.3 Å². The molecular weight excluding hydrogens is 348 g/mol. The zero-order valence-electron chi connectivity index (χ0n) is 15.6. The maximum atomic E-state index is 6.08. The average Bonchev–Trinajstić information content (AvgIpc) is 3.39. The first-order valence-electron chi connectivity index (χ1n) is 9.36. The smallest absolute Gasteiger partial charge is 0.151 e. The van der Waals surface area contributed by atoms with Crippen molar-refractivity contribution in [2.24, 2.45) is 5.10 Å². The summed E-state index contributed by atoms with van der Waals surface area (Å²) < 4.78 is 11.4. The highest BCUT2D eigenvalue weighted by Crippen LogP contribution is 2.37. The number of fused-ring (bicyclic) bond motifs is 1. The summed E-state index contributed by atoms with van der Waals surface area (Å²) in [6, 6.07) is 28.7. The van der Waals surface area contributed by atoms with Crippen LogP contribution in [-0.2, 0) is 0 Å². The Morgan fingerprint density at radius 3 is 2.43 bits per heavy atom. The van der Waals surface area contributed by atoms with E-state index in [2.05, 4.69) is 41.4 Å². The summed E-state index contributed by atoms with van der Waals surface area (Å²) in [4.78, 5) is 0. The van der Waals surface area contributed by atoms with Gasteiger partial charge < -0.3 is 9.15 Å². The van der Waals surface area contributed by atoms with Gasteiger partial charge in [-0.2, -0.15) is 5.10 Å². The maximum absolute atomic E-state index is 6.08. The van der Waals surface area contributed by atoms with Crippen LogP contribution < -0.4 is 9.75 Å². The third-order valence-corrected chi connectivity index (χ3v) is 5.14. The van der Waals surface area contributed by atoms with Crippen LogP contribution in [0.15, 0.2) is 94.4 Å². The molecule has 0 amide bonds. The van der Waals surface area contributed by atoms with Crippen LogP contribution in [0.2, 0.25) is 0 Å². The number of ether oxygens (including phenoxy) is 1. The van der Waals surface area contributed by atoms with Gasteiger partial charge in [0.1, 0.15) is 17.0 Å². The van der Waals surface area contributed by atoms with Crippen molar-refractivity contribution in [3.63, 3.8) is 0 Å². The van der Waals surface area contributed by atoms with E-state index in [1.165, 1.54) is 5.56 Å². The van der Waals surface area contributed by atoms with Crippen LogP contribution in [0.25, 0.3) is 11.0 Å². The first-order chi connectivity index (χ1) is 13.8. The number of rotatable bonds is 4. The van der Waals surface area contributed by atoms with E-state index in [0.717, 1.165) is 40.3 Å². The first kappa shape index (κ1) is 16.6. The molecule has 0 aliphatic carbocycles. The molecule has 3 aromatic carbocycles. The molecule has 1 unspecified atom stereocenters. The second kappa shape index (κ2) is 6.89. The minimum Gasteiger partial charge on any atom is -0.497 e. The highest BCUT2D eigenvalue weighted by atomic mass is 16.5. The molecule has 4 nitrogen and oxygen atoms in total. The number of hydrogen-bond donors (Lipinski definition) is 0. The van der Waals surface area contributed by atoms with Crippen LogP contribution in [-0.4, -0.2) is 12.8 Å². The van der Waals surface area contributed by atoms with Gasteiger partial charge >= 0.3 is 0 Å². The molecule has 0 saturated carbocycles. The number of methoxy groups -OCH3 is 1. The van der Waals surface area contributed by atoms with Gasteiger partial charge in [-0.1, -0.05) is 48.5 Å². The summed E-state index contributed by atoms with van der Waals surface area (Å²) in [6.07, 6.45) is 0.779. The number of benzene rings is 3. The van der Waals surface area contributed by atoms with Gasteiger partial charge in [0, 0.05) is 11.8 Å². The van der Waals surface area contributed by atoms with Crippen LogP contribution in [0.4, 0.5) is 5.69 Å². The molecule has 138 valence electrons. The zero-order valence-corrected chi connectivity index (χ0v) is 15.6. The van der Waals surface area contributed by atoms with E-state index in [1.54, 1.807) is 7.11 Å². The van der Waals surface area contributed by atoms with Gasteiger partial charge in [0.05, 0.1) is 18.8 Å². The van der Waals surface area contributed by atoms with Gasteiger partial charge in [-0.25, -0.2) is 0 Å². The molecule has 1 aliphatic heterocycles. The SMILES string of the molecule is COc1ccc(C2CC(c3cc4ccccc4o3)=NN2c2ccccc2)cc1. The fraction of sp³-hybridized carbons (Fsp3) is 0.125. The van der Waals surface area contributed by atoms with Crippen LogP contribution in [0, 0.1) is 0 Å². The molecule has 1 aromatic heterocycles. The minimum absolute atomic E-state index is 0.108. The Hall–Kier alpha value is -3.53. The second-order valence-electron chi connectivity index (χ2n) is 6.87. The Balaban J connectivity index is 1.55. The molecule has 5 rings (SSSR count). The van der Waals surface area contributed by atoms with Crippen LogP contribution in [0.5, 0.6) is 5.75 Å². The van der Waals surface area contributed by atoms with Gasteiger partial charge in [-0.05, 0) is 42.0 Å². The standard InChI is InChI=1S/C24H20N2O2/c1-27-20-13-11-17(12-14-20)22-16-21(25-26(22)19-8-3-2-4-9-19)24-15-18-7-5-6-10-23(18)28-24/h2-15,22H,16H2,1H3. The van der Waals surface area contributed by atoms with Crippen molar-refractivity contribution in [2.75, 3.05) is 12.1 Å². The zero-order chi connectivity index (χ0) is 18.9. The Morgan fingerprint density at radius 2 is 1.68 bits per heavy atom. The predicted molar refractivity (Wildman–Crippen MR) is 112 cm³/mol. The van der Waals surface area contributed by atoms with Crippen molar-refractivity contribution >= 4 is 22.4 Å². The number of para-hydroxylation sites is 2. The van der Waals surface area contributed by atoms with Crippen LogP contribution in [0.3, 0.4) is 0 Å². The molecule has 0 fully saturated rings. The quantitative estimate of drug-likeness (QED) is 0.457. The summed E-state index contributed by atoms with van der Waals surface area (Å²) in [5, 5.41) is 8.13. The van der Waals surface area contributed by atoms with E-state index < -0.39 is 0 Å². The van der Waals surface area contributed by atoms with Gasteiger partial charge in [0.2, 0.25) is 0 Å². The Labute approximate surface area is 163 Å². The highest BCUT2D eigenvalue weighted by molar-refractivity contribution is 6.03. The molecule has 4 heteroatoms. The fourth-order valence-corrected chi connectivity index (χ4v) is 3.69. The molecule has 2 heterocycles.